The Bertz CT molecular complexity index is 1460. The minimum Gasteiger partial charge on any atom is -0.366 e. The number of hydrogen-bond donors (Lipinski definition) is 0. The standard InChI is InChI=1S/C28H25F2N5O/c1-18-17-34(26-15-25-23(32-24(26)16-31)11-12-27(36)33(25)2)13-14-35(18)28(19-3-7-21(29)8-4-19)20-5-9-22(30)10-6-20/h3-12,15,18,28H,13-14,17H2,1-2H3. The maximum atomic E-state index is 13.7. The van der Waals surface area contributed by atoms with E-state index in [0.29, 0.717) is 42.0 Å². The van der Waals surface area contributed by atoms with Crippen molar-refractivity contribution in [1.29, 1.82) is 5.26 Å². The van der Waals surface area contributed by atoms with E-state index in [-0.39, 0.29) is 29.3 Å². The fourth-order valence-corrected chi connectivity index (χ4v) is 5.04. The lowest BCUT2D eigenvalue weighted by molar-refractivity contribution is 0.150. The molecule has 1 aliphatic rings. The first-order chi connectivity index (χ1) is 17.4. The number of hydrogen-bond acceptors (Lipinski definition) is 5. The highest BCUT2D eigenvalue weighted by molar-refractivity contribution is 5.81. The van der Waals surface area contributed by atoms with Crippen molar-refractivity contribution in [1.82, 2.24) is 14.5 Å². The van der Waals surface area contributed by atoms with Crippen LogP contribution in [0.2, 0.25) is 0 Å². The third-order valence-corrected chi connectivity index (χ3v) is 6.92. The molecule has 1 fully saturated rings. The van der Waals surface area contributed by atoms with Gasteiger partial charge in [0, 0.05) is 38.8 Å². The topological polar surface area (TPSA) is 65.2 Å². The molecule has 2 aromatic heterocycles. The van der Waals surface area contributed by atoms with Crippen molar-refractivity contribution >= 4 is 16.7 Å². The highest BCUT2D eigenvalue weighted by Gasteiger charge is 2.32. The summed E-state index contributed by atoms with van der Waals surface area (Å²) in [5, 5.41) is 9.80. The van der Waals surface area contributed by atoms with E-state index in [1.165, 1.54) is 34.9 Å². The van der Waals surface area contributed by atoms with Crippen LogP contribution in [0.4, 0.5) is 14.5 Å². The van der Waals surface area contributed by atoms with E-state index in [2.05, 4.69) is 27.8 Å². The zero-order chi connectivity index (χ0) is 25.4. The molecule has 3 heterocycles. The SMILES string of the molecule is CC1CN(c2cc3c(ccc(=O)n3C)nc2C#N)CCN1C(c1ccc(F)cc1)c1ccc(F)cc1. The molecule has 4 aromatic rings. The zero-order valence-corrected chi connectivity index (χ0v) is 20.0. The van der Waals surface area contributed by atoms with Crippen LogP contribution in [0.15, 0.2) is 71.5 Å². The van der Waals surface area contributed by atoms with E-state index in [0.717, 1.165) is 11.1 Å². The number of pyridine rings is 2. The Morgan fingerprint density at radius 1 is 0.972 bits per heavy atom. The highest BCUT2D eigenvalue weighted by Crippen LogP contribution is 2.34. The van der Waals surface area contributed by atoms with Crippen molar-refractivity contribution in [3.05, 3.63) is 106 Å². The van der Waals surface area contributed by atoms with Gasteiger partial charge in [-0.3, -0.25) is 9.69 Å². The number of benzene rings is 2. The number of piperazine rings is 1. The van der Waals surface area contributed by atoms with Crippen LogP contribution in [0.25, 0.3) is 11.0 Å². The molecule has 8 heteroatoms. The Hall–Kier alpha value is -4.09. The van der Waals surface area contributed by atoms with Gasteiger partial charge in [0.2, 0.25) is 0 Å². The smallest absolute Gasteiger partial charge is 0.250 e. The molecular formula is C28H25F2N5O. The molecule has 0 radical (unpaired) electrons. The van der Waals surface area contributed by atoms with E-state index < -0.39 is 0 Å². The number of rotatable bonds is 4. The Balaban J connectivity index is 1.49. The maximum absolute atomic E-state index is 13.7. The van der Waals surface area contributed by atoms with E-state index >= 15 is 0 Å². The number of nitrogens with zero attached hydrogens (tertiary/aromatic N) is 5. The summed E-state index contributed by atoms with van der Waals surface area (Å²) >= 11 is 0. The average Bonchev–Trinajstić information content (AvgIpc) is 2.89. The monoisotopic (exact) mass is 485 g/mol. The predicted molar refractivity (Wildman–Crippen MR) is 135 cm³/mol. The molecule has 36 heavy (non-hydrogen) atoms. The Kier molecular flexibility index (Phi) is 6.25. The van der Waals surface area contributed by atoms with E-state index in [1.54, 1.807) is 37.4 Å². The fraction of sp³-hybridized carbons (Fsp3) is 0.250. The van der Waals surface area contributed by atoms with Gasteiger partial charge in [0.15, 0.2) is 5.69 Å². The van der Waals surface area contributed by atoms with Crippen molar-refractivity contribution in [2.75, 3.05) is 24.5 Å². The average molecular weight is 486 g/mol. The number of fused-ring (bicyclic) bond motifs is 1. The van der Waals surface area contributed by atoms with Gasteiger partial charge in [-0.2, -0.15) is 5.26 Å². The van der Waals surface area contributed by atoms with Crippen LogP contribution in [0.1, 0.15) is 29.8 Å². The van der Waals surface area contributed by atoms with E-state index in [4.69, 9.17) is 0 Å². The summed E-state index contributed by atoms with van der Waals surface area (Å²) in [6.07, 6.45) is 0. The molecular weight excluding hydrogens is 460 g/mol. The van der Waals surface area contributed by atoms with Gasteiger partial charge in [0.05, 0.1) is 22.8 Å². The molecule has 182 valence electrons. The van der Waals surface area contributed by atoms with Crippen LogP contribution in [-0.4, -0.2) is 40.1 Å². The first-order valence-electron chi connectivity index (χ1n) is 11.8. The van der Waals surface area contributed by atoms with Gasteiger partial charge in [-0.05, 0) is 54.4 Å². The van der Waals surface area contributed by atoms with Crippen molar-refractivity contribution in [2.24, 2.45) is 7.05 Å². The molecule has 0 bridgehead atoms. The first-order valence-corrected chi connectivity index (χ1v) is 11.8. The molecule has 5 rings (SSSR count). The van der Waals surface area contributed by atoms with Crippen molar-refractivity contribution in [2.45, 2.75) is 19.0 Å². The van der Waals surface area contributed by atoms with Gasteiger partial charge >= 0.3 is 0 Å². The highest BCUT2D eigenvalue weighted by atomic mass is 19.1. The summed E-state index contributed by atoms with van der Waals surface area (Å²) < 4.78 is 28.9. The molecule has 1 unspecified atom stereocenters. The van der Waals surface area contributed by atoms with Crippen LogP contribution in [0, 0.1) is 23.0 Å². The summed E-state index contributed by atoms with van der Waals surface area (Å²) in [6.45, 7) is 3.98. The van der Waals surface area contributed by atoms with Gasteiger partial charge in [0.1, 0.15) is 17.7 Å². The summed E-state index contributed by atoms with van der Waals surface area (Å²) in [4.78, 5) is 21.1. The van der Waals surface area contributed by atoms with Crippen LogP contribution in [0.5, 0.6) is 0 Å². The number of aryl methyl sites for hydroxylation is 1. The minimum atomic E-state index is -0.309. The molecule has 0 N–H and O–H groups in total. The van der Waals surface area contributed by atoms with Crippen LogP contribution in [0.3, 0.4) is 0 Å². The summed E-state index contributed by atoms with van der Waals surface area (Å²) in [5.41, 5.74) is 3.97. The van der Waals surface area contributed by atoms with Gasteiger partial charge in [0.25, 0.3) is 5.56 Å². The molecule has 6 nitrogen and oxygen atoms in total. The molecule has 0 spiro atoms. The molecule has 0 saturated carbocycles. The number of aromatic nitrogens is 2. The summed E-state index contributed by atoms with van der Waals surface area (Å²) in [6, 6.07) is 19.8. The van der Waals surface area contributed by atoms with Crippen molar-refractivity contribution < 1.29 is 8.78 Å². The second-order valence-electron chi connectivity index (χ2n) is 9.14. The van der Waals surface area contributed by atoms with Crippen molar-refractivity contribution in [3.63, 3.8) is 0 Å². The maximum Gasteiger partial charge on any atom is 0.250 e. The molecule has 1 saturated heterocycles. The van der Waals surface area contributed by atoms with Crippen LogP contribution >= 0.6 is 0 Å². The third-order valence-electron chi connectivity index (χ3n) is 6.92. The number of nitriles is 1. The lowest BCUT2D eigenvalue weighted by atomic mass is 9.94. The Morgan fingerprint density at radius 2 is 1.58 bits per heavy atom. The molecule has 1 aliphatic heterocycles. The lowest BCUT2D eigenvalue weighted by Gasteiger charge is -2.45. The Morgan fingerprint density at radius 3 is 2.14 bits per heavy atom. The zero-order valence-electron chi connectivity index (χ0n) is 20.0. The second-order valence-corrected chi connectivity index (χ2v) is 9.14. The van der Waals surface area contributed by atoms with Gasteiger partial charge in [-0.15, -0.1) is 0 Å². The third kappa shape index (κ3) is 4.34. The van der Waals surface area contributed by atoms with Crippen LogP contribution in [-0.2, 0) is 7.05 Å². The summed E-state index contributed by atoms with van der Waals surface area (Å²) in [7, 11) is 1.69. The minimum absolute atomic E-state index is 0.0423. The molecule has 0 amide bonds. The fourth-order valence-electron chi connectivity index (χ4n) is 5.04. The molecule has 0 aliphatic carbocycles. The van der Waals surface area contributed by atoms with Crippen LogP contribution < -0.4 is 10.5 Å². The quantitative estimate of drug-likeness (QED) is 0.429. The largest absolute Gasteiger partial charge is 0.366 e. The lowest BCUT2D eigenvalue weighted by Crippen LogP contribution is -2.53. The van der Waals surface area contributed by atoms with Gasteiger partial charge in [-0.1, -0.05) is 24.3 Å². The number of anilines is 1. The summed E-state index contributed by atoms with van der Waals surface area (Å²) in [5.74, 6) is -0.617. The Labute approximate surface area is 207 Å². The normalized spacial score (nSPS) is 16.4. The predicted octanol–water partition coefficient (Wildman–Crippen LogP) is 4.38. The van der Waals surface area contributed by atoms with Crippen molar-refractivity contribution in [3.8, 4) is 6.07 Å². The second kappa shape index (κ2) is 9.51. The molecule has 1 atom stereocenters. The first kappa shape index (κ1) is 23.6. The van der Waals surface area contributed by atoms with E-state index in [1.807, 2.05) is 6.07 Å². The molecule has 2 aromatic carbocycles. The van der Waals surface area contributed by atoms with Gasteiger partial charge in [-0.25, -0.2) is 13.8 Å². The van der Waals surface area contributed by atoms with E-state index in [9.17, 15) is 18.8 Å². The van der Waals surface area contributed by atoms with Gasteiger partial charge < -0.3 is 9.47 Å². The number of halogens is 2.